The van der Waals surface area contributed by atoms with Crippen LogP contribution in [0.15, 0.2) is 69.5 Å². The smallest absolute Gasteiger partial charge is 0.258 e. The van der Waals surface area contributed by atoms with E-state index in [0.717, 1.165) is 55.1 Å². The number of hydrogen-bond acceptors (Lipinski definition) is 7. The lowest BCUT2D eigenvalue weighted by Gasteiger charge is -2.32. The van der Waals surface area contributed by atoms with E-state index in [1.807, 2.05) is 48.5 Å². The third-order valence-corrected chi connectivity index (χ3v) is 5.61. The number of para-hydroxylation sites is 1. The Bertz CT molecular complexity index is 1160. The molecule has 0 amide bonds. The molecule has 1 saturated heterocycles. The fourth-order valence-electron chi connectivity index (χ4n) is 3.64. The summed E-state index contributed by atoms with van der Waals surface area (Å²) in [5, 5.41) is 4.66. The standard InChI is InChI=1S/C24H28N6O2/c1-29-10-12-30(13-11-29)14-15-32-20-8-6-19(7-9-20)26-17-23(28-25)21-16-18-4-2-3-5-22(18)27-24(21)31/h2-9,16-17H,10-15,25H2,1H3,(H,27,31). The molecule has 1 aliphatic rings. The Balaban J connectivity index is 1.36. The van der Waals surface area contributed by atoms with Crippen LogP contribution < -0.4 is 16.1 Å². The number of hydrogen-bond donors (Lipinski definition) is 2. The molecule has 0 atom stereocenters. The van der Waals surface area contributed by atoms with Gasteiger partial charge in [0.15, 0.2) is 0 Å². The number of aromatic nitrogens is 1. The van der Waals surface area contributed by atoms with Crippen molar-refractivity contribution in [2.75, 3.05) is 46.4 Å². The summed E-state index contributed by atoms with van der Waals surface area (Å²) < 4.78 is 5.87. The molecule has 0 aliphatic carbocycles. The fourth-order valence-corrected chi connectivity index (χ4v) is 3.64. The maximum atomic E-state index is 12.4. The van der Waals surface area contributed by atoms with E-state index in [1.54, 1.807) is 6.07 Å². The van der Waals surface area contributed by atoms with E-state index in [1.165, 1.54) is 6.21 Å². The van der Waals surface area contributed by atoms with Gasteiger partial charge in [0.05, 0.1) is 17.5 Å². The van der Waals surface area contributed by atoms with E-state index in [-0.39, 0.29) is 5.56 Å². The van der Waals surface area contributed by atoms with Gasteiger partial charge in [0.2, 0.25) is 0 Å². The molecule has 2 aromatic carbocycles. The summed E-state index contributed by atoms with van der Waals surface area (Å²) in [5.74, 6) is 6.35. The maximum absolute atomic E-state index is 12.4. The number of nitrogens with one attached hydrogen (secondary N) is 1. The Labute approximate surface area is 187 Å². The van der Waals surface area contributed by atoms with Gasteiger partial charge in [0.1, 0.15) is 18.1 Å². The van der Waals surface area contributed by atoms with Gasteiger partial charge in [0, 0.05) is 38.2 Å². The number of likely N-dealkylation sites (N-methyl/N-ethyl adjacent to an activating group) is 1. The van der Waals surface area contributed by atoms with Crippen LogP contribution in [0.4, 0.5) is 5.69 Å². The predicted octanol–water partition coefficient (Wildman–Crippen LogP) is 2.22. The number of ether oxygens (including phenoxy) is 1. The van der Waals surface area contributed by atoms with E-state index >= 15 is 0 Å². The molecule has 8 nitrogen and oxygen atoms in total. The lowest BCUT2D eigenvalue weighted by atomic mass is 10.1. The number of piperazine rings is 1. The van der Waals surface area contributed by atoms with Gasteiger partial charge in [-0.1, -0.05) is 18.2 Å². The first-order valence-electron chi connectivity index (χ1n) is 10.7. The Hall–Kier alpha value is -3.49. The van der Waals surface area contributed by atoms with Crippen molar-refractivity contribution in [3.05, 3.63) is 70.5 Å². The summed E-state index contributed by atoms with van der Waals surface area (Å²) >= 11 is 0. The molecule has 0 radical (unpaired) electrons. The van der Waals surface area contributed by atoms with E-state index in [4.69, 9.17) is 10.6 Å². The Morgan fingerprint density at radius 2 is 1.88 bits per heavy atom. The Kier molecular flexibility index (Phi) is 6.94. The quantitative estimate of drug-likeness (QED) is 0.339. The van der Waals surface area contributed by atoms with Gasteiger partial charge in [-0.3, -0.25) is 14.7 Å². The Morgan fingerprint density at radius 3 is 2.62 bits per heavy atom. The maximum Gasteiger partial charge on any atom is 0.258 e. The molecule has 2 heterocycles. The van der Waals surface area contributed by atoms with E-state index in [2.05, 4.69) is 31.9 Å². The fraction of sp³-hybridized carbons (Fsp3) is 0.292. The normalized spacial score (nSPS) is 16.1. The molecular formula is C24H28N6O2. The van der Waals surface area contributed by atoms with Crippen molar-refractivity contribution in [1.29, 1.82) is 0 Å². The first-order chi connectivity index (χ1) is 15.6. The summed E-state index contributed by atoms with van der Waals surface area (Å²) in [5.41, 5.74) is 1.90. The van der Waals surface area contributed by atoms with Crippen LogP contribution in [0.5, 0.6) is 5.75 Å². The number of rotatable bonds is 7. The SMILES string of the molecule is CN1CCN(CCOc2ccc(N=CC(=NN)c3cc4ccccc4[nH]c3=O)cc2)CC1. The van der Waals surface area contributed by atoms with Gasteiger partial charge in [-0.05, 0) is 48.8 Å². The molecule has 1 fully saturated rings. The molecular weight excluding hydrogens is 404 g/mol. The number of fused-ring (bicyclic) bond motifs is 1. The average Bonchev–Trinajstić information content (AvgIpc) is 2.82. The zero-order chi connectivity index (χ0) is 22.3. The molecule has 1 aromatic heterocycles. The topological polar surface area (TPSA) is 99.3 Å². The number of aliphatic imine (C=N–C) groups is 1. The molecule has 1 aliphatic heterocycles. The van der Waals surface area contributed by atoms with Crippen LogP contribution in [0.1, 0.15) is 5.56 Å². The van der Waals surface area contributed by atoms with Crippen LogP contribution in [-0.4, -0.2) is 73.1 Å². The molecule has 32 heavy (non-hydrogen) atoms. The van der Waals surface area contributed by atoms with Crippen molar-refractivity contribution in [3.63, 3.8) is 0 Å². The summed E-state index contributed by atoms with van der Waals surface area (Å²) in [6.45, 7) is 5.94. The minimum Gasteiger partial charge on any atom is -0.492 e. The summed E-state index contributed by atoms with van der Waals surface area (Å²) in [4.78, 5) is 24.5. The molecule has 166 valence electrons. The molecule has 0 unspecified atom stereocenters. The van der Waals surface area contributed by atoms with Gasteiger partial charge in [-0.25, -0.2) is 0 Å². The number of aromatic amines is 1. The predicted molar refractivity (Wildman–Crippen MR) is 129 cm³/mol. The van der Waals surface area contributed by atoms with Crippen molar-refractivity contribution in [1.82, 2.24) is 14.8 Å². The van der Waals surface area contributed by atoms with E-state index in [0.29, 0.717) is 17.9 Å². The number of hydrazone groups is 1. The number of H-pyrrole nitrogens is 1. The zero-order valence-electron chi connectivity index (χ0n) is 18.2. The summed E-state index contributed by atoms with van der Waals surface area (Å²) in [7, 11) is 2.15. The highest BCUT2D eigenvalue weighted by molar-refractivity contribution is 6.38. The van der Waals surface area contributed by atoms with Crippen molar-refractivity contribution < 1.29 is 4.74 Å². The Morgan fingerprint density at radius 1 is 1.12 bits per heavy atom. The highest BCUT2D eigenvalue weighted by atomic mass is 16.5. The van der Waals surface area contributed by atoms with Crippen LogP contribution in [-0.2, 0) is 0 Å². The molecule has 0 spiro atoms. The molecule has 0 bridgehead atoms. The van der Waals surface area contributed by atoms with E-state index < -0.39 is 0 Å². The van der Waals surface area contributed by atoms with Gasteiger partial charge < -0.3 is 20.5 Å². The molecule has 3 N–H and O–H groups in total. The number of benzene rings is 2. The van der Waals surface area contributed by atoms with Gasteiger partial charge in [-0.15, -0.1) is 0 Å². The third kappa shape index (κ3) is 5.40. The first-order valence-corrected chi connectivity index (χ1v) is 10.7. The van der Waals surface area contributed by atoms with Gasteiger partial charge in [0.25, 0.3) is 5.56 Å². The number of nitrogens with zero attached hydrogens (tertiary/aromatic N) is 4. The van der Waals surface area contributed by atoms with Crippen molar-refractivity contribution in [2.45, 2.75) is 0 Å². The first kappa shape index (κ1) is 21.7. The van der Waals surface area contributed by atoms with Gasteiger partial charge >= 0.3 is 0 Å². The van der Waals surface area contributed by atoms with E-state index in [9.17, 15) is 4.79 Å². The highest BCUT2D eigenvalue weighted by Crippen LogP contribution is 2.18. The molecule has 4 rings (SSSR count). The lowest BCUT2D eigenvalue weighted by Crippen LogP contribution is -2.45. The lowest BCUT2D eigenvalue weighted by molar-refractivity contribution is 0.134. The van der Waals surface area contributed by atoms with Crippen molar-refractivity contribution >= 4 is 28.5 Å². The molecule has 3 aromatic rings. The zero-order valence-corrected chi connectivity index (χ0v) is 18.2. The molecule has 0 saturated carbocycles. The average molecular weight is 433 g/mol. The highest BCUT2D eigenvalue weighted by Gasteiger charge is 2.13. The van der Waals surface area contributed by atoms with Crippen LogP contribution >= 0.6 is 0 Å². The summed E-state index contributed by atoms with van der Waals surface area (Å²) in [6.07, 6.45) is 1.50. The minimum absolute atomic E-state index is 0.261. The van der Waals surface area contributed by atoms with Crippen molar-refractivity contribution in [3.8, 4) is 5.75 Å². The minimum atomic E-state index is -0.261. The second-order valence-electron chi connectivity index (χ2n) is 7.86. The van der Waals surface area contributed by atoms with Crippen LogP contribution in [0.3, 0.4) is 0 Å². The van der Waals surface area contributed by atoms with Crippen LogP contribution in [0.25, 0.3) is 10.9 Å². The van der Waals surface area contributed by atoms with Crippen molar-refractivity contribution in [2.24, 2.45) is 15.9 Å². The third-order valence-electron chi connectivity index (χ3n) is 5.61. The monoisotopic (exact) mass is 432 g/mol. The second-order valence-corrected chi connectivity index (χ2v) is 7.86. The van der Waals surface area contributed by atoms with Crippen LogP contribution in [0.2, 0.25) is 0 Å². The largest absolute Gasteiger partial charge is 0.492 e. The number of pyridine rings is 1. The van der Waals surface area contributed by atoms with Gasteiger partial charge in [-0.2, -0.15) is 5.10 Å². The number of nitrogens with two attached hydrogens (primary N) is 1. The van der Waals surface area contributed by atoms with Crippen LogP contribution in [0, 0.1) is 0 Å². The molecule has 8 heteroatoms. The summed E-state index contributed by atoms with van der Waals surface area (Å²) in [6, 6.07) is 16.8. The second kappa shape index (κ2) is 10.2.